The molecule has 1 amide bonds. The maximum absolute atomic E-state index is 12.1. The van der Waals surface area contributed by atoms with E-state index in [0.717, 1.165) is 0 Å². The van der Waals surface area contributed by atoms with Gasteiger partial charge in [-0.25, -0.2) is 0 Å². The fraction of sp³-hybridized carbons (Fsp3) is 0.312. The lowest BCUT2D eigenvalue weighted by Crippen LogP contribution is -2.35. The van der Waals surface area contributed by atoms with Crippen molar-refractivity contribution < 1.29 is 9.72 Å². The van der Waals surface area contributed by atoms with Gasteiger partial charge in [0.2, 0.25) is 5.91 Å². The van der Waals surface area contributed by atoms with Gasteiger partial charge in [0, 0.05) is 23.1 Å². The first kappa shape index (κ1) is 17.1. The molecule has 2 rings (SSSR count). The molecule has 0 aliphatic heterocycles. The van der Waals surface area contributed by atoms with E-state index in [1.807, 2.05) is 36.5 Å². The van der Waals surface area contributed by atoms with Crippen LogP contribution in [0.2, 0.25) is 0 Å². The Hall–Kier alpha value is -2.25. The van der Waals surface area contributed by atoms with E-state index in [2.05, 4.69) is 5.32 Å². The molecule has 0 aliphatic carbocycles. The molecule has 0 aliphatic rings. The number of benzene rings is 1. The van der Waals surface area contributed by atoms with Crippen LogP contribution in [0.15, 0.2) is 41.8 Å². The Morgan fingerprint density at radius 1 is 1.30 bits per heavy atom. The second-order valence-corrected chi connectivity index (χ2v) is 6.34. The summed E-state index contributed by atoms with van der Waals surface area (Å²) in [6.07, 6.45) is 0.00173. The predicted molar refractivity (Wildman–Crippen MR) is 90.6 cm³/mol. The van der Waals surface area contributed by atoms with Gasteiger partial charge < -0.3 is 10.2 Å². The summed E-state index contributed by atoms with van der Waals surface area (Å²) in [6, 6.07) is 10.4. The van der Waals surface area contributed by atoms with E-state index in [-0.39, 0.29) is 24.1 Å². The highest BCUT2D eigenvalue weighted by atomic mass is 32.1. The number of likely N-dealkylation sites (N-methyl/N-ethyl adjacent to an activating group) is 1. The zero-order valence-corrected chi connectivity index (χ0v) is 13.9. The maximum Gasteiger partial charge on any atom is 0.273 e. The molecule has 1 N–H and O–H groups in total. The molecule has 0 fully saturated rings. The number of nitro groups is 1. The number of hydrogen-bond donors (Lipinski definition) is 1. The van der Waals surface area contributed by atoms with Gasteiger partial charge in [0.15, 0.2) is 0 Å². The lowest BCUT2D eigenvalue weighted by atomic mass is 10.1. The molecule has 0 spiro atoms. The number of carbonyl (C=O) groups excluding carboxylic acids is 1. The van der Waals surface area contributed by atoms with Gasteiger partial charge in [0.25, 0.3) is 5.69 Å². The monoisotopic (exact) mass is 333 g/mol. The highest BCUT2D eigenvalue weighted by Crippen LogP contribution is 2.22. The minimum absolute atomic E-state index is 0.00173. The SMILES string of the molecule is CN(C)[C@@H](CNC(=O)Cc1ccccc1[N+](=O)[O-])c1cccs1. The molecule has 23 heavy (non-hydrogen) atoms. The molecule has 0 radical (unpaired) electrons. The van der Waals surface area contributed by atoms with E-state index in [9.17, 15) is 14.9 Å². The first-order valence-electron chi connectivity index (χ1n) is 7.18. The van der Waals surface area contributed by atoms with Crippen LogP contribution in [0.3, 0.4) is 0 Å². The number of hydrogen-bond acceptors (Lipinski definition) is 5. The molecule has 1 heterocycles. The molecule has 6 nitrogen and oxygen atoms in total. The second-order valence-electron chi connectivity index (χ2n) is 5.36. The summed E-state index contributed by atoms with van der Waals surface area (Å²) in [5, 5.41) is 15.9. The van der Waals surface area contributed by atoms with E-state index in [0.29, 0.717) is 12.1 Å². The van der Waals surface area contributed by atoms with Gasteiger partial charge in [-0.15, -0.1) is 11.3 Å². The van der Waals surface area contributed by atoms with Gasteiger partial charge in [0.05, 0.1) is 17.4 Å². The standard InChI is InChI=1S/C16H19N3O3S/c1-18(2)14(15-8-5-9-23-15)11-17-16(20)10-12-6-3-4-7-13(12)19(21)22/h3-9,14H,10-11H2,1-2H3,(H,17,20)/t14-/m0/s1. The number of nitro benzene ring substituents is 1. The van der Waals surface area contributed by atoms with Crippen molar-refractivity contribution in [3.05, 3.63) is 62.3 Å². The third-order valence-corrected chi connectivity index (χ3v) is 4.50. The Morgan fingerprint density at radius 2 is 2.04 bits per heavy atom. The zero-order valence-electron chi connectivity index (χ0n) is 13.1. The number of thiophene rings is 1. The van der Waals surface area contributed by atoms with Crippen LogP contribution in [0.25, 0.3) is 0 Å². The van der Waals surface area contributed by atoms with Crippen LogP contribution < -0.4 is 5.32 Å². The topological polar surface area (TPSA) is 75.5 Å². The Kier molecular flexibility index (Phi) is 5.84. The van der Waals surface area contributed by atoms with Crippen molar-refractivity contribution in [3.63, 3.8) is 0 Å². The van der Waals surface area contributed by atoms with Gasteiger partial charge in [-0.3, -0.25) is 14.9 Å². The number of nitrogens with zero attached hydrogens (tertiary/aromatic N) is 2. The molecule has 1 atom stereocenters. The molecule has 0 saturated carbocycles. The fourth-order valence-electron chi connectivity index (χ4n) is 2.30. The maximum atomic E-state index is 12.1. The Labute approximate surface area is 138 Å². The fourth-order valence-corrected chi connectivity index (χ4v) is 3.23. The summed E-state index contributed by atoms with van der Waals surface area (Å²) >= 11 is 1.64. The lowest BCUT2D eigenvalue weighted by Gasteiger charge is -2.23. The zero-order chi connectivity index (χ0) is 16.8. The first-order valence-corrected chi connectivity index (χ1v) is 8.06. The average Bonchev–Trinajstić information content (AvgIpc) is 3.01. The Bertz CT molecular complexity index is 671. The number of carbonyl (C=O) groups is 1. The summed E-state index contributed by atoms with van der Waals surface area (Å²) in [6.45, 7) is 0.465. The molecule has 2 aromatic rings. The number of nitrogens with one attached hydrogen (secondary N) is 1. The third-order valence-electron chi connectivity index (χ3n) is 3.53. The van der Waals surface area contributed by atoms with E-state index in [1.54, 1.807) is 29.5 Å². The highest BCUT2D eigenvalue weighted by Gasteiger charge is 2.18. The van der Waals surface area contributed by atoms with Crippen LogP contribution >= 0.6 is 11.3 Å². The smallest absolute Gasteiger partial charge is 0.273 e. The number of rotatable bonds is 7. The molecular formula is C16H19N3O3S. The first-order chi connectivity index (χ1) is 11.0. The van der Waals surface area contributed by atoms with Crippen molar-refractivity contribution in [3.8, 4) is 0 Å². The van der Waals surface area contributed by atoms with Crippen LogP contribution in [-0.2, 0) is 11.2 Å². The van der Waals surface area contributed by atoms with Crippen molar-refractivity contribution in [1.29, 1.82) is 0 Å². The van der Waals surface area contributed by atoms with Gasteiger partial charge >= 0.3 is 0 Å². The highest BCUT2D eigenvalue weighted by molar-refractivity contribution is 7.10. The van der Waals surface area contributed by atoms with Gasteiger partial charge in [-0.1, -0.05) is 24.3 Å². The molecule has 0 unspecified atom stereocenters. The van der Waals surface area contributed by atoms with Crippen LogP contribution in [0.1, 0.15) is 16.5 Å². The normalized spacial score (nSPS) is 12.1. The van der Waals surface area contributed by atoms with Gasteiger partial charge in [0.1, 0.15) is 0 Å². The average molecular weight is 333 g/mol. The minimum atomic E-state index is -0.461. The molecule has 0 bridgehead atoms. The van der Waals surface area contributed by atoms with Crippen molar-refractivity contribution in [2.45, 2.75) is 12.5 Å². The summed E-state index contributed by atoms with van der Waals surface area (Å²) < 4.78 is 0. The summed E-state index contributed by atoms with van der Waals surface area (Å²) in [5.41, 5.74) is 0.401. The van der Waals surface area contributed by atoms with Crippen LogP contribution in [0.5, 0.6) is 0 Å². The number of para-hydroxylation sites is 1. The number of amides is 1. The molecular weight excluding hydrogens is 314 g/mol. The summed E-state index contributed by atoms with van der Waals surface area (Å²) in [7, 11) is 3.91. The van der Waals surface area contributed by atoms with Crippen molar-refractivity contribution >= 4 is 22.9 Å². The molecule has 122 valence electrons. The Balaban J connectivity index is 1.99. The van der Waals surface area contributed by atoms with Crippen LogP contribution in [0.4, 0.5) is 5.69 Å². The summed E-state index contributed by atoms with van der Waals surface area (Å²) in [4.78, 5) is 25.9. The third kappa shape index (κ3) is 4.61. The van der Waals surface area contributed by atoms with E-state index < -0.39 is 4.92 Å². The van der Waals surface area contributed by atoms with Gasteiger partial charge in [-0.2, -0.15) is 0 Å². The largest absolute Gasteiger partial charge is 0.354 e. The van der Waals surface area contributed by atoms with E-state index in [1.165, 1.54) is 10.9 Å². The molecule has 1 aromatic carbocycles. The van der Waals surface area contributed by atoms with Gasteiger partial charge in [-0.05, 0) is 25.5 Å². The molecule has 7 heteroatoms. The summed E-state index contributed by atoms with van der Waals surface area (Å²) in [5.74, 6) is -0.220. The molecule has 0 saturated heterocycles. The van der Waals surface area contributed by atoms with Crippen LogP contribution in [0, 0.1) is 10.1 Å². The molecule has 1 aromatic heterocycles. The second kappa shape index (κ2) is 7.85. The minimum Gasteiger partial charge on any atom is -0.354 e. The van der Waals surface area contributed by atoms with Crippen molar-refractivity contribution in [2.24, 2.45) is 0 Å². The van der Waals surface area contributed by atoms with E-state index in [4.69, 9.17) is 0 Å². The lowest BCUT2D eigenvalue weighted by molar-refractivity contribution is -0.385. The predicted octanol–water partition coefficient (Wildman–Crippen LogP) is 2.62. The van der Waals surface area contributed by atoms with Crippen molar-refractivity contribution in [2.75, 3.05) is 20.6 Å². The Morgan fingerprint density at radius 3 is 2.65 bits per heavy atom. The van der Waals surface area contributed by atoms with E-state index >= 15 is 0 Å². The van der Waals surface area contributed by atoms with Crippen molar-refractivity contribution in [1.82, 2.24) is 10.2 Å². The quantitative estimate of drug-likeness (QED) is 0.624. The van der Waals surface area contributed by atoms with Crippen LogP contribution in [-0.4, -0.2) is 36.4 Å².